The number of amides is 1. The average Bonchev–Trinajstić information content (AvgIpc) is 3.02. The van der Waals surface area contributed by atoms with Crippen LogP contribution in [0.2, 0.25) is 0 Å². The minimum Gasteiger partial charge on any atom is -0.376 e. The Labute approximate surface area is 113 Å². The fourth-order valence-corrected chi connectivity index (χ4v) is 2.09. The zero-order chi connectivity index (χ0) is 13.7. The molecule has 0 radical (unpaired) electrons. The van der Waals surface area contributed by atoms with Gasteiger partial charge in [-0.1, -0.05) is 0 Å². The van der Waals surface area contributed by atoms with Gasteiger partial charge < -0.3 is 14.8 Å². The first-order chi connectivity index (χ1) is 9.19. The van der Waals surface area contributed by atoms with Gasteiger partial charge in [0, 0.05) is 19.4 Å². The van der Waals surface area contributed by atoms with E-state index >= 15 is 0 Å². The molecule has 1 N–H and O–H groups in total. The van der Waals surface area contributed by atoms with E-state index in [2.05, 4.69) is 10.4 Å². The van der Waals surface area contributed by atoms with Crippen LogP contribution in [0, 0.1) is 0 Å². The van der Waals surface area contributed by atoms with E-state index in [9.17, 15) is 4.79 Å². The number of carbonyl (C=O) groups excluding carboxylic acids is 1. The van der Waals surface area contributed by atoms with Crippen molar-refractivity contribution in [2.24, 2.45) is 0 Å². The van der Waals surface area contributed by atoms with Gasteiger partial charge in [-0.2, -0.15) is 5.10 Å². The van der Waals surface area contributed by atoms with Gasteiger partial charge in [0.1, 0.15) is 6.10 Å². The summed E-state index contributed by atoms with van der Waals surface area (Å²) in [5, 5.41) is 7.00. The number of carbonyl (C=O) groups is 1. The first-order valence-electron chi connectivity index (χ1n) is 6.75. The number of hydrogen-bond acceptors (Lipinski definition) is 4. The van der Waals surface area contributed by atoms with Crippen molar-refractivity contribution in [1.29, 1.82) is 0 Å². The third kappa shape index (κ3) is 4.04. The van der Waals surface area contributed by atoms with Crippen LogP contribution in [0.15, 0.2) is 12.4 Å². The van der Waals surface area contributed by atoms with Crippen molar-refractivity contribution in [3.05, 3.63) is 12.4 Å². The second kappa shape index (κ2) is 6.68. The lowest BCUT2D eigenvalue weighted by Crippen LogP contribution is -2.27. The van der Waals surface area contributed by atoms with Gasteiger partial charge in [0.25, 0.3) is 5.91 Å². The Hall–Kier alpha value is -1.40. The van der Waals surface area contributed by atoms with Crippen molar-refractivity contribution in [2.45, 2.75) is 45.4 Å². The zero-order valence-electron chi connectivity index (χ0n) is 11.5. The third-order valence-corrected chi connectivity index (χ3v) is 3.10. The van der Waals surface area contributed by atoms with E-state index in [1.807, 2.05) is 13.1 Å². The molecule has 2 rings (SSSR count). The molecule has 1 aliphatic rings. The van der Waals surface area contributed by atoms with Gasteiger partial charge in [0.05, 0.1) is 24.5 Å². The standard InChI is InChI=1S/C13H21N3O3/c1-3-18-10(2)13(17)15-11-7-14-16(8-11)9-12-5-4-6-19-12/h7-8,10,12H,3-6,9H2,1-2H3,(H,15,17). The van der Waals surface area contributed by atoms with Crippen LogP contribution in [-0.4, -0.2) is 41.1 Å². The Morgan fingerprint density at radius 1 is 1.74 bits per heavy atom. The van der Waals surface area contributed by atoms with Crippen molar-refractivity contribution in [2.75, 3.05) is 18.5 Å². The molecule has 0 aliphatic carbocycles. The largest absolute Gasteiger partial charge is 0.376 e. The van der Waals surface area contributed by atoms with Gasteiger partial charge in [-0.05, 0) is 26.7 Å². The predicted octanol–water partition coefficient (Wildman–Crippen LogP) is 1.43. The molecule has 1 saturated heterocycles. The quantitative estimate of drug-likeness (QED) is 0.846. The molecule has 2 atom stereocenters. The first kappa shape index (κ1) is 14.0. The lowest BCUT2D eigenvalue weighted by atomic mass is 10.2. The maximum absolute atomic E-state index is 11.8. The normalized spacial score (nSPS) is 20.4. The fraction of sp³-hybridized carbons (Fsp3) is 0.692. The van der Waals surface area contributed by atoms with Gasteiger partial charge in [-0.3, -0.25) is 9.48 Å². The summed E-state index contributed by atoms with van der Waals surface area (Å²) in [5.74, 6) is -0.154. The third-order valence-electron chi connectivity index (χ3n) is 3.10. The molecule has 1 fully saturated rings. The molecule has 0 bridgehead atoms. The van der Waals surface area contributed by atoms with Crippen molar-refractivity contribution in [3.63, 3.8) is 0 Å². The number of rotatable bonds is 6. The topological polar surface area (TPSA) is 65.4 Å². The Balaban J connectivity index is 1.84. The molecule has 19 heavy (non-hydrogen) atoms. The Morgan fingerprint density at radius 3 is 3.26 bits per heavy atom. The molecule has 0 saturated carbocycles. The molecule has 6 heteroatoms. The van der Waals surface area contributed by atoms with E-state index < -0.39 is 6.10 Å². The van der Waals surface area contributed by atoms with E-state index in [4.69, 9.17) is 9.47 Å². The van der Waals surface area contributed by atoms with Crippen LogP contribution >= 0.6 is 0 Å². The molecule has 2 unspecified atom stereocenters. The van der Waals surface area contributed by atoms with Crippen LogP contribution in [0.25, 0.3) is 0 Å². The minimum absolute atomic E-state index is 0.154. The molecule has 106 valence electrons. The van der Waals surface area contributed by atoms with Crippen LogP contribution in [0.3, 0.4) is 0 Å². The second-order valence-electron chi connectivity index (χ2n) is 4.67. The summed E-state index contributed by atoms with van der Waals surface area (Å²) in [4.78, 5) is 11.8. The van der Waals surface area contributed by atoms with Crippen molar-refractivity contribution >= 4 is 11.6 Å². The van der Waals surface area contributed by atoms with E-state index in [1.54, 1.807) is 17.8 Å². The number of nitrogens with zero attached hydrogens (tertiary/aromatic N) is 2. The van der Waals surface area contributed by atoms with Crippen molar-refractivity contribution in [3.8, 4) is 0 Å². The van der Waals surface area contributed by atoms with E-state index in [0.29, 0.717) is 12.3 Å². The number of ether oxygens (including phenoxy) is 2. The Bertz CT molecular complexity index is 413. The predicted molar refractivity (Wildman–Crippen MR) is 70.9 cm³/mol. The van der Waals surface area contributed by atoms with E-state index in [0.717, 1.165) is 26.0 Å². The van der Waals surface area contributed by atoms with Crippen molar-refractivity contribution in [1.82, 2.24) is 9.78 Å². The zero-order valence-corrected chi connectivity index (χ0v) is 11.5. The summed E-state index contributed by atoms with van der Waals surface area (Å²) in [5.41, 5.74) is 0.689. The van der Waals surface area contributed by atoms with Crippen LogP contribution in [0.1, 0.15) is 26.7 Å². The lowest BCUT2D eigenvalue weighted by molar-refractivity contribution is -0.126. The highest BCUT2D eigenvalue weighted by Gasteiger charge is 2.17. The van der Waals surface area contributed by atoms with Crippen LogP contribution < -0.4 is 5.32 Å². The van der Waals surface area contributed by atoms with Gasteiger partial charge in [0.15, 0.2) is 0 Å². The second-order valence-corrected chi connectivity index (χ2v) is 4.67. The molecule has 1 aliphatic heterocycles. The molecule has 1 amide bonds. The van der Waals surface area contributed by atoms with Gasteiger partial charge in [0.2, 0.25) is 0 Å². The van der Waals surface area contributed by atoms with Gasteiger partial charge >= 0.3 is 0 Å². The first-order valence-corrected chi connectivity index (χ1v) is 6.75. The molecular weight excluding hydrogens is 246 g/mol. The maximum atomic E-state index is 11.8. The van der Waals surface area contributed by atoms with Crippen LogP contribution in [0.5, 0.6) is 0 Å². The van der Waals surface area contributed by atoms with Crippen molar-refractivity contribution < 1.29 is 14.3 Å². The summed E-state index contributed by atoms with van der Waals surface area (Å²) in [6.45, 7) is 5.68. The molecule has 6 nitrogen and oxygen atoms in total. The summed E-state index contributed by atoms with van der Waals surface area (Å²) in [7, 11) is 0. The summed E-state index contributed by atoms with van der Waals surface area (Å²) in [6, 6.07) is 0. The van der Waals surface area contributed by atoms with Gasteiger partial charge in [-0.15, -0.1) is 0 Å². The Kier molecular flexibility index (Phi) is 4.93. The summed E-state index contributed by atoms with van der Waals surface area (Å²) >= 11 is 0. The average molecular weight is 267 g/mol. The molecular formula is C13H21N3O3. The highest BCUT2D eigenvalue weighted by molar-refractivity contribution is 5.93. The molecule has 1 aromatic heterocycles. The van der Waals surface area contributed by atoms with Gasteiger partial charge in [-0.25, -0.2) is 0 Å². The highest BCUT2D eigenvalue weighted by atomic mass is 16.5. The smallest absolute Gasteiger partial charge is 0.253 e. The number of hydrogen-bond donors (Lipinski definition) is 1. The highest BCUT2D eigenvalue weighted by Crippen LogP contribution is 2.15. The number of anilines is 1. The Morgan fingerprint density at radius 2 is 2.58 bits per heavy atom. The summed E-state index contributed by atoms with van der Waals surface area (Å²) in [6.07, 6.45) is 5.44. The summed E-state index contributed by atoms with van der Waals surface area (Å²) < 4.78 is 12.6. The van der Waals surface area contributed by atoms with E-state index in [1.165, 1.54) is 0 Å². The maximum Gasteiger partial charge on any atom is 0.253 e. The van der Waals surface area contributed by atoms with E-state index in [-0.39, 0.29) is 12.0 Å². The SMILES string of the molecule is CCOC(C)C(=O)Nc1cnn(CC2CCCO2)c1. The molecule has 0 spiro atoms. The fourth-order valence-electron chi connectivity index (χ4n) is 2.09. The molecule has 0 aromatic carbocycles. The number of nitrogens with one attached hydrogen (secondary N) is 1. The molecule has 1 aromatic rings. The minimum atomic E-state index is -0.452. The number of aromatic nitrogens is 2. The molecule has 2 heterocycles. The van der Waals surface area contributed by atoms with Crippen LogP contribution in [0.4, 0.5) is 5.69 Å². The lowest BCUT2D eigenvalue weighted by Gasteiger charge is -2.10. The monoisotopic (exact) mass is 267 g/mol. The van der Waals surface area contributed by atoms with Crippen LogP contribution in [-0.2, 0) is 20.8 Å².